The molecule has 0 saturated heterocycles. The number of nitrogens with one attached hydrogen (secondary N) is 1. The van der Waals surface area contributed by atoms with Crippen LogP contribution in [0.15, 0.2) is 66.8 Å². The number of aryl methyl sites for hydroxylation is 1. The summed E-state index contributed by atoms with van der Waals surface area (Å²) < 4.78 is 0. The van der Waals surface area contributed by atoms with Crippen molar-refractivity contribution in [2.75, 3.05) is 13.2 Å². The highest BCUT2D eigenvalue weighted by atomic mass is 16.3. The molecule has 0 aromatic heterocycles. The van der Waals surface area contributed by atoms with Crippen molar-refractivity contribution in [2.45, 2.75) is 50.7 Å². The second-order valence-corrected chi connectivity index (χ2v) is 8.16. The van der Waals surface area contributed by atoms with E-state index in [0.717, 1.165) is 19.3 Å². The van der Waals surface area contributed by atoms with Crippen molar-refractivity contribution in [1.82, 2.24) is 5.32 Å². The molecule has 1 amide bonds. The fourth-order valence-corrected chi connectivity index (χ4v) is 3.63. The van der Waals surface area contributed by atoms with Gasteiger partial charge in [-0.2, -0.15) is 0 Å². The average Bonchev–Trinajstić information content (AvgIpc) is 3.16. The Kier molecular flexibility index (Phi) is 11.7. The summed E-state index contributed by atoms with van der Waals surface area (Å²) in [5.74, 6) is -0.291. The molecular formula is C26H35NO5. The molecule has 0 fully saturated rings. The van der Waals surface area contributed by atoms with Gasteiger partial charge < -0.3 is 20.6 Å². The van der Waals surface area contributed by atoms with E-state index in [1.807, 2.05) is 54.6 Å². The van der Waals surface area contributed by atoms with Crippen LogP contribution in [0.25, 0.3) is 0 Å². The quantitative estimate of drug-likeness (QED) is 0.262. The Morgan fingerprint density at radius 1 is 1.12 bits per heavy atom. The largest absolute Gasteiger partial charge is 0.394 e. The SMILES string of the molecule is O=C(CCCC=CC[C@H]1C=CC(=O)[C@@H]1C=C[C@@H](O)CCc1ccccc1)NC(CO)CO. The first kappa shape index (κ1) is 25.7. The lowest BCUT2D eigenvalue weighted by molar-refractivity contribution is -0.122. The number of aliphatic hydroxyl groups excluding tert-OH is 3. The second kappa shape index (κ2) is 14.5. The first-order chi connectivity index (χ1) is 15.5. The van der Waals surface area contributed by atoms with E-state index in [4.69, 9.17) is 10.2 Å². The van der Waals surface area contributed by atoms with Gasteiger partial charge in [0.1, 0.15) is 0 Å². The first-order valence-corrected chi connectivity index (χ1v) is 11.3. The van der Waals surface area contributed by atoms with E-state index >= 15 is 0 Å². The van der Waals surface area contributed by atoms with Gasteiger partial charge in [-0.05, 0) is 49.7 Å². The highest BCUT2D eigenvalue weighted by Crippen LogP contribution is 2.27. The molecule has 0 saturated carbocycles. The first-order valence-electron chi connectivity index (χ1n) is 11.3. The number of hydrogen-bond acceptors (Lipinski definition) is 5. The summed E-state index contributed by atoms with van der Waals surface area (Å²) in [7, 11) is 0. The molecule has 32 heavy (non-hydrogen) atoms. The number of hydrogen-bond donors (Lipinski definition) is 4. The molecule has 1 aliphatic rings. The lowest BCUT2D eigenvalue weighted by Gasteiger charge is -2.14. The van der Waals surface area contributed by atoms with E-state index in [-0.39, 0.29) is 36.7 Å². The van der Waals surface area contributed by atoms with Gasteiger partial charge in [-0.25, -0.2) is 0 Å². The van der Waals surface area contributed by atoms with Gasteiger partial charge in [-0.1, -0.05) is 60.7 Å². The van der Waals surface area contributed by atoms with E-state index in [1.54, 1.807) is 12.2 Å². The van der Waals surface area contributed by atoms with Crippen molar-refractivity contribution < 1.29 is 24.9 Å². The van der Waals surface area contributed by atoms with E-state index in [9.17, 15) is 14.7 Å². The van der Waals surface area contributed by atoms with Crippen molar-refractivity contribution in [3.63, 3.8) is 0 Å². The number of allylic oxidation sites excluding steroid dienone is 5. The number of aliphatic hydroxyl groups is 3. The molecule has 2 rings (SSSR count). The van der Waals surface area contributed by atoms with Crippen LogP contribution >= 0.6 is 0 Å². The van der Waals surface area contributed by atoms with E-state index in [2.05, 4.69) is 5.32 Å². The van der Waals surface area contributed by atoms with E-state index < -0.39 is 12.1 Å². The Bertz CT molecular complexity index is 783. The Labute approximate surface area is 190 Å². The summed E-state index contributed by atoms with van der Waals surface area (Å²) >= 11 is 0. The zero-order valence-electron chi connectivity index (χ0n) is 18.5. The molecule has 3 atom stereocenters. The summed E-state index contributed by atoms with van der Waals surface area (Å²) in [5, 5.41) is 30.8. The molecular weight excluding hydrogens is 406 g/mol. The Hall–Kier alpha value is -2.54. The molecule has 1 aliphatic carbocycles. The van der Waals surface area contributed by atoms with Gasteiger partial charge in [0.15, 0.2) is 5.78 Å². The van der Waals surface area contributed by atoms with Gasteiger partial charge in [0.2, 0.25) is 5.91 Å². The molecule has 6 nitrogen and oxygen atoms in total. The van der Waals surface area contributed by atoms with Crippen LogP contribution in [0.3, 0.4) is 0 Å². The Morgan fingerprint density at radius 3 is 2.59 bits per heavy atom. The summed E-state index contributed by atoms with van der Waals surface area (Å²) in [4.78, 5) is 23.9. The van der Waals surface area contributed by atoms with Crippen molar-refractivity contribution in [2.24, 2.45) is 11.8 Å². The van der Waals surface area contributed by atoms with Crippen molar-refractivity contribution in [3.8, 4) is 0 Å². The summed E-state index contributed by atoms with van der Waals surface area (Å²) in [5.41, 5.74) is 1.18. The number of unbranched alkanes of at least 4 members (excludes halogenated alkanes) is 1. The number of carbonyl (C=O) groups is 2. The third kappa shape index (κ3) is 9.30. The normalized spacial score (nSPS) is 19.4. The van der Waals surface area contributed by atoms with Crippen molar-refractivity contribution in [1.29, 1.82) is 0 Å². The number of ketones is 1. The summed E-state index contributed by atoms with van der Waals surface area (Å²) in [6, 6.07) is 9.41. The number of amides is 1. The third-order valence-electron chi connectivity index (χ3n) is 5.57. The zero-order chi connectivity index (χ0) is 23.2. The minimum absolute atomic E-state index is 0.0638. The Balaban J connectivity index is 1.69. The molecule has 0 unspecified atom stereocenters. The van der Waals surface area contributed by atoms with Crippen LogP contribution in [-0.4, -0.2) is 52.4 Å². The highest BCUT2D eigenvalue weighted by molar-refractivity contribution is 5.95. The van der Waals surface area contributed by atoms with Gasteiger partial charge in [0.25, 0.3) is 0 Å². The minimum Gasteiger partial charge on any atom is -0.394 e. The molecule has 0 radical (unpaired) electrons. The maximum atomic E-state index is 12.2. The van der Waals surface area contributed by atoms with Crippen LogP contribution in [0.2, 0.25) is 0 Å². The zero-order valence-corrected chi connectivity index (χ0v) is 18.5. The van der Waals surface area contributed by atoms with Crippen molar-refractivity contribution >= 4 is 11.7 Å². The highest BCUT2D eigenvalue weighted by Gasteiger charge is 2.26. The number of carbonyl (C=O) groups excluding carboxylic acids is 2. The van der Waals surface area contributed by atoms with Crippen molar-refractivity contribution in [3.05, 3.63) is 72.4 Å². The predicted octanol–water partition coefficient (Wildman–Crippen LogP) is 2.49. The molecule has 0 spiro atoms. The topological polar surface area (TPSA) is 107 Å². The molecule has 1 aromatic rings. The number of benzene rings is 1. The smallest absolute Gasteiger partial charge is 0.220 e. The molecule has 0 bridgehead atoms. The van der Waals surface area contributed by atoms with E-state index in [1.165, 1.54) is 5.56 Å². The maximum Gasteiger partial charge on any atom is 0.220 e. The van der Waals surface area contributed by atoms with Crippen LogP contribution in [0.1, 0.15) is 37.7 Å². The van der Waals surface area contributed by atoms with E-state index in [0.29, 0.717) is 19.3 Å². The molecule has 6 heteroatoms. The Morgan fingerprint density at radius 2 is 1.88 bits per heavy atom. The van der Waals surface area contributed by atoms with Crippen LogP contribution in [0.4, 0.5) is 0 Å². The van der Waals surface area contributed by atoms with Gasteiger partial charge in [-0.15, -0.1) is 0 Å². The lowest BCUT2D eigenvalue weighted by Crippen LogP contribution is -2.39. The number of rotatable bonds is 14. The van der Waals surface area contributed by atoms with Gasteiger partial charge >= 0.3 is 0 Å². The van der Waals surface area contributed by atoms with Crippen LogP contribution in [0.5, 0.6) is 0 Å². The molecule has 0 heterocycles. The van der Waals surface area contributed by atoms with Crippen LogP contribution < -0.4 is 5.32 Å². The van der Waals surface area contributed by atoms with Gasteiger partial charge in [0.05, 0.1) is 25.4 Å². The molecule has 174 valence electrons. The van der Waals surface area contributed by atoms with Crippen LogP contribution in [0, 0.1) is 11.8 Å². The molecule has 4 N–H and O–H groups in total. The van der Waals surface area contributed by atoms with Gasteiger partial charge in [-0.3, -0.25) is 9.59 Å². The third-order valence-corrected chi connectivity index (χ3v) is 5.57. The fourth-order valence-electron chi connectivity index (χ4n) is 3.63. The standard InChI is InChI=1S/C26H35NO5/c28-18-22(19-29)27-26(32)11-7-2-1-6-10-21-13-17-25(31)24(21)16-15-23(30)14-12-20-8-4-3-5-9-20/h1,3-6,8-9,13,15-17,21-24,28-30H,2,7,10-12,14,18-19H2,(H,27,32)/t21-,23-,24+/m0/s1. The summed E-state index contributed by atoms with van der Waals surface area (Å²) in [6.45, 7) is -0.565. The fraction of sp³-hybridized carbons (Fsp3) is 0.462. The predicted molar refractivity (Wildman–Crippen MR) is 125 cm³/mol. The minimum atomic E-state index is -0.605. The maximum absolute atomic E-state index is 12.2. The second-order valence-electron chi connectivity index (χ2n) is 8.16. The monoisotopic (exact) mass is 441 g/mol. The lowest BCUT2D eigenvalue weighted by atomic mass is 9.90. The average molecular weight is 442 g/mol. The molecule has 0 aliphatic heterocycles. The van der Waals surface area contributed by atoms with Crippen LogP contribution in [-0.2, 0) is 16.0 Å². The summed E-state index contributed by atoms with van der Waals surface area (Å²) in [6.07, 6.45) is 14.4. The molecule has 1 aromatic carbocycles. The van der Waals surface area contributed by atoms with Gasteiger partial charge in [0, 0.05) is 12.3 Å².